The average Bonchev–Trinajstić information content (AvgIpc) is 0.633. The quantitative estimate of drug-likeness (QED) is 0.0535. The van der Waals surface area contributed by atoms with Gasteiger partial charge in [-0.1, -0.05) is 218 Å². The van der Waals surface area contributed by atoms with E-state index in [4.69, 9.17) is 56.9 Å². The first kappa shape index (κ1) is 59.4. The SMILES string of the molecule is C1=C2N(Oc3ccccc3)C(Oc3ccccc3)(Oc3ccccc3)C(Oc3ccccc3)(Oc3ccccc3)C(Oc3ccccc3)(Oc3ccccc3)C2(Oc2ccccc2)C(Oc2ccccc2)(Oc2ccccc2)C(Oc2ccccc2)(Oc2ccccc2)C1. The first-order valence-corrected chi connectivity index (χ1v) is 30.8. The van der Waals surface area contributed by atoms with Gasteiger partial charge in [0.15, 0.2) is 5.75 Å². The van der Waals surface area contributed by atoms with Gasteiger partial charge < -0.3 is 56.9 Å². The summed E-state index contributed by atoms with van der Waals surface area (Å²) in [7, 11) is 0. The first-order valence-electron chi connectivity index (χ1n) is 30.8. The normalized spacial score (nSPS) is 16.8. The molecule has 94 heavy (non-hydrogen) atoms. The minimum absolute atomic E-state index is 0.0151. The van der Waals surface area contributed by atoms with E-state index in [1.807, 2.05) is 249 Å². The zero-order chi connectivity index (χ0) is 63.4. The molecule has 12 aromatic carbocycles. The van der Waals surface area contributed by atoms with Crippen LogP contribution < -0.4 is 56.9 Å². The summed E-state index contributed by atoms with van der Waals surface area (Å²) in [6, 6.07) is 110. The van der Waals surface area contributed by atoms with E-state index in [1.54, 1.807) is 121 Å². The molecule has 464 valence electrons. The van der Waals surface area contributed by atoms with Crippen LogP contribution in [0.2, 0.25) is 0 Å². The number of hydrogen-bond donors (Lipinski definition) is 0. The first-order chi connectivity index (χ1) is 46.4. The Morgan fingerprint density at radius 1 is 0.202 bits per heavy atom. The van der Waals surface area contributed by atoms with Crippen LogP contribution in [0.25, 0.3) is 0 Å². The highest BCUT2D eigenvalue weighted by atomic mass is 16.9. The molecule has 14 rings (SSSR count). The summed E-state index contributed by atoms with van der Waals surface area (Å²) < 4.78 is 90.6. The molecule has 2 aliphatic rings. The molecule has 0 aromatic heterocycles. The topological polar surface area (TPSA) is 114 Å². The van der Waals surface area contributed by atoms with Crippen molar-refractivity contribution in [1.29, 1.82) is 0 Å². The fourth-order valence-electron chi connectivity index (χ4n) is 11.8. The van der Waals surface area contributed by atoms with Crippen molar-refractivity contribution >= 4 is 0 Å². The third-order valence-electron chi connectivity index (χ3n) is 15.7. The van der Waals surface area contributed by atoms with Crippen LogP contribution in [-0.2, 0) is 0 Å². The molecule has 1 fully saturated rings. The smallest absolute Gasteiger partial charge is 0.460 e. The Bertz CT molecular complexity index is 4140. The van der Waals surface area contributed by atoms with Gasteiger partial charge in [-0.15, -0.1) is 5.06 Å². The van der Waals surface area contributed by atoms with Crippen molar-refractivity contribution < 1.29 is 56.9 Å². The van der Waals surface area contributed by atoms with Crippen LogP contribution in [-0.4, -0.2) is 39.7 Å². The molecule has 1 aliphatic carbocycles. The van der Waals surface area contributed by atoms with E-state index >= 15 is 0 Å². The summed E-state index contributed by atoms with van der Waals surface area (Å²) in [5.74, 6) is -11.7. The lowest BCUT2D eigenvalue weighted by Gasteiger charge is -2.68. The number of ether oxygens (including phenoxy) is 11. The summed E-state index contributed by atoms with van der Waals surface area (Å²) in [5.41, 5.74) is -2.94. The lowest BCUT2D eigenvalue weighted by Crippen LogP contribution is -3.01. The highest BCUT2D eigenvalue weighted by Crippen LogP contribution is 2.67. The molecule has 1 aliphatic heterocycles. The van der Waals surface area contributed by atoms with Crippen LogP contribution in [0.15, 0.2) is 376 Å². The van der Waals surface area contributed by atoms with Gasteiger partial charge in [-0.05, 0) is 152 Å². The Hall–Kier alpha value is -12.2. The van der Waals surface area contributed by atoms with Crippen molar-refractivity contribution in [3.63, 3.8) is 0 Å². The second-order valence-corrected chi connectivity index (χ2v) is 21.9. The van der Waals surface area contributed by atoms with Crippen molar-refractivity contribution in [3.05, 3.63) is 376 Å². The molecule has 0 spiro atoms. The second-order valence-electron chi connectivity index (χ2n) is 21.9. The molecule has 0 bridgehead atoms. The standard InChI is InChI=1S/C81H63NO12/c1-13-37-63(38-14-1)83-76(84-64-39-15-2-16-40-64)62-61-75-77(85-65-41-17-3-18-42-65,78(76,86-66-43-19-4-20-44-66)87-67-45-21-5-22-46-67)79(88-68-47-23-6-24-48-68,89-69-49-25-7-26-50-69)80(90-70-51-27-8-28-52-70,91-71-53-29-9-30-54-71)81(92-72-55-31-10-32-56-72,93-73-57-33-11-34-58-73)82(75)94-74-59-35-12-36-60-74/h1-61H,62H2. The number of nitrogens with zero attached hydrogens (tertiary/aromatic N) is 1. The zero-order valence-electron chi connectivity index (χ0n) is 50.8. The number of para-hydroxylation sites is 12. The van der Waals surface area contributed by atoms with Crippen molar-refractivity contribution in [2.75, 3.05) is 0 Å². The Labute approximate surface area is 545 Å². The van der Waals surface area contributed by atoms with E-state index in [-0.39, 0.29) is 69.6 Å². The highest BCUT2D eigenvalue weighted by Gasteiger charge is 3.01. The molecular weight excluding hydrogens is 1180 g/mol. The molecule has 1 unspecified atom stereocenters. The van der Waals surface area contributed by atoms with Gasteiger partial charge in [0.05, 0.1) is 6.42 Å². The van der Waals surface area contributed by atoms with Crippen LogP contribution in [0, 0.1) is 0 Å². The van der Waals surface area contributed by atoms with Crippen molar-refractivity contribution in [2.24, 2.45) is 0 Å². The lowest BCUT2D eigenvalue weighted by molar-refractivity contribution is -0.527. The Kier molecular flexibility index (Phi) is 16.6. The monoisotopic (exact) mass is 1240 g/mol. The van der Waals surface area contributed by atoms with Crippen LogP contribution in [0.3, 0.4) is 0 Å². The maximum atomic E-state index is 8.57. The molecule has 13 heteroatoms. The predicted molar refractivity (Wildman–Crippen MR) is 356 cm³/mol. The molecule has 1 heterocycles. The van der Waals surface area contributed by atoms with Gasteiger partial charge in [0.1, 0.15) is 68.9 Å². The van der Waals surface area contributed by atoms with E-state index in [0.29, 0.717) is 11.5 Å². The molecule has 12 aromatic rings. The van der Waals surface area contributed by atoms with Crippen LogP contribution in [0.5, 0.6) is 69.0 Å². The summed E-state index contributed by atoms with van der Waals surface area (Å²) >= 11 is 0. The Morgan fingerprint density at radius 3 is 0.691 bits per heavy atom. The molecule has 13 nitrogen and oxygen atoms in total. The number of fused-ring (bicyclic) bond motifs is 1. The van der Waals surface area contributed by atoms with Crippen LogP contribution >= 0.6 is 0 Å². The Morgan fingerprint density at radius 2 is 0.415 bits per heavy atom. The van der Waals surface area contributed by atoms with E-state index in [9.17, 15) is 0 Å². The van der Waals surface area contributed by atoms with E-state index in [1.165, 1.54) is 5.06 Å². The third kappa shape index (κ3) is 11.3. The van der Waals surface area contributed by atoms with E-state index in [0.717, 1.165) is 0 Å². The largest absolute Gasteiger partial charge is 0.464 e. The zero-order valence-corrected chi connectivity index (χ0v) is 50.8. The number of piperidine rings is 1. The molecular formula is C81H63NO12. The van der Waals surface area contributed by atoms with Crippen molar-refractivity contribution in [2.45, 2.75) is 41.1 Å². The van der Waals surface area contributed by atoms with Gasteiger partial charge in [0.2, 0.25) is 0 Å². The molecule has 0 radical (unpaired) electrons. The summed E-state index contributed by atoms with van der Waals surface area (Å²) in [6.07, 6.45) is 1.55. The molecule has 0 saturated carbocycles. The fourth-order valence-corrected chi connectivity index (χ4v) is 11.8. The second kappa shape index (κ2) is 26.3. The van der Waals surface area contributed by atoms with Gasteiger partial charge in [-0.25, -0.2) is 0 Å². The third-order valence-corrected chi connectivity index (χ3v) is 15.7. The van der Waals surface area contributed by atoms with Gasteiger partial charge in [-0.3, -0.25) is 0 Å². The highest BCUT2D eigenvalue weighted by molar-refractivity contribution is 5.52. The maximum absolute atomic E-state index is 8.57. The molecule has 1 saturated heterocycles. The number of hydrogen-bond acceptors (Lipinski definition) is 13. The minimum atomic E-state index is -3.11. The number of benzene rings is 12. The summed E-state index contributed by atoms with van der Waals surface area (Å²) in [5, 5.41) is 1.45. The maximum Gasteiger partial charge on any atom is 0.460 e. The van der Waals surface area contributed by atoms with Crippen LogP contribution in [0.4, 0.5) is 0 Å². The molecule has 0 N–H and O–H groups in total. The van der Waals surface area contributed by atoms with Gasteiger partial charge >= 0.3 is 34.7 Å². The van der Waals surface area contributed by atoms with Crippen molar-refractivity contribution in [1.82, 2.24) is 5.06 Å². The fraction of sp³-hybridized carbons (Fsp3) is 0.0864. The van der Waals surface area contributed by atoms with Gasteiger partial charge in [0, 0.05) is 0 Å². The van der Waals surface area contributed by atoms with Crippen molar-refractivity contribution in [3.8, 4) is 69.0 Å². The Balaban J connectivity index is 1.30. The minimum Gasteiger partial charge on any atom is -0.464 e. The van der Waals surface area contributed by atoms with Gasteiger partial charge in [-0.2, -0.15) is 0 Å². The van der Waals surface area contributed by atoms with Crippen LogP contribution in [0.1, 0.15) is 6.42 Å². The molecule has 0 amide bonds. The number of rotatable bonds is 24. The van der Waals surface area contributed by atoms with E-state index in [2.05, 4.69) is 0 Å². The van der Waals surface area contributed by atoms with Gasteiger partial charge in [0.25, 0.3) is 0 Å². The molecule has 1 atom stereocenters. The summed E-state index contributed by atoms with van der Waals surface area (Å²) in [4.78, 5) is 7.84. The van der Waals surface area contributed by atoms with E-state index < -0.39 is 34.7 Å². The predicted octanol–water partition coefficient (Wildman–Crippen LogP) is 17.6. The lowest BCUT2D eigenvalue weighted by atomic mass is 9.64. The summed E-state index contributed by atoms with van der Waals surface area (Å²) in [6.45, 7) is 0. The average molecular weight is 1240 g/mol. The number of hydroxylamine groups is 2.